The van der Waals surface area contributed by atoms with E-state index in [2.05, 4.69) is 42.6 Å². The lowest BCUT2D eigenvalue weighted by Gasteiger charge is -2.07. The van der Waals surface area contributed by atoms with Gasteiger partial charge in [0.05, 0.1) is 11.4 Å². The molecule has 1 nitrogen and oxygen atoms in total. The van der Waals surface area contributed by atoms with Crippen LogP contribution in [-0.4, -0.2) is 5.71 Å². The lowest BCUT2D eigenvalue weighted by Crippen LogP contribution is -1.88. The van der Waals surface area contributed by atoms with Crippen LogP contribution in [0, 0.1) is 12.3 Å². The fourth-order valence-corrected chi connectivity index (χ4v) is 1.46. The lowest BCUT2D eigenvalue weighted by atomic mass is 10.0. The second kappa shape index (κ2) is 5.32. The highest BCUT2D eigenvalue weighted by atomic mass is 14.7. The highest BCUT2D eigenvalue weighted by Gasteiger charge is 2.03. The number of allylic oxidation sites excluding steroid dienone is 1. The Balaban J connectivity index is 3.32. The van der Waals surface area contributed by atoms with E-state index in [1.54, 1.807) is 0 Å². The fraction of sp³-hybridized carbons (Fsp3) is 0.267. The summed E-state index contributed by atoms with van der Waals surface area (Å²) in [4.78, 5) is 4.43. The van der Waals surface area contributed by atoms with E-state index in [-0.39, 0.29) is 0 Å². The number of hydrogen-bond donors (Lipinski definition) is 0. The molecule has 0 aromatic heterocycles. The van der Waals surface area contributed by atoms with E-state index < -0.39 is 0 Å². The van der Waals surface area contributed by atoms with Gasteiger partial charge in [0, 0.05) is 5.56 Å². The highest BCUT2D eigenvalue weighted by Crippen LogP contribution is 2.27. The van der Waals surface area contributed by atoms with Crippen LogP contribution in [0.5, 0.6) is 0 Å². The lowest BCUT2D eigenvalue weighted by molar-refractivity contribution is 1.14. The van der Waals surface area contributed by atoms with E-state index in [0.717, 1.165) is 23.2 Å². The maximum atomic E-state index is 5.31. The van der Waals surface area contributed by atoms with Crippen LogP contribution in [0.25, 0.3) is 5.57 Å². The van der Waals surface area contributed by atoms with Crippen LogP contribution < -0.4 is 0 Å². The molecule has 1 heteroatoms. The number of aliphatic imine (C=N–C) groups is 1. The van der Waals surface area contributed by atoms with Crippen molar-refractivity contribution >= 4 is 17.0 Å². The number of rotatable bonds is 3. The molecule has 0 amide bonds. The van der Waals surface area contributed by atoms with Crippen molar-refractivity contribution in [1.82, 2.24) is 0 Å². The molecule has 1 aromatic rings. The van der Waals surface area contributed by atoms with Gasteiger partial charge in [-0.3, -0.25) is 0 Å². The van der Waals surface area contributed by atoms with Crippen LogP contribution in [0.1, 0.15) is 31.9 Å². The zero-order valence-electron chi connectivity index (χ0n) is 10.2. The molecular weight excluding hydrogens is 194 g/mol. The Morgan fingerprint density at radius 3 is 2.62 bits per heavy atom. The molecule has 0 unspecified atom stereocenters. The average molecular weight is 211 g/mol. The highest BCUT2D eigenvalue weighted by molar-refractivity contribution is 6.00. The number of benzene rings is 1. The quantitative estimate of drug-likeness (QED) is 0.529. The summed E-state index contributed by atoms with van der Waals surface area (Å²) in [5.74, 6) is 2.54. The van der Waals surface area contributed by atoms with E-state index in [1.165, 1.54) is 5.56 Å². The van der Waals surface area contributed by atoms with E-state index in [0.29, 0.717) is 5.71 Å². The van der Waals surface area contributed by atoms with Crippen molar-refractivity contribution in [1.29, 1.82) is 0 Å². The SMILES string of the molecule is C#C/C(C)=N\c1cc(CC)ccc1C(=C)C. The minimum Gasteiger partial charge on any atom is -0.244 e. The van der Waals surface area contributed by atoms with E-state index in [4.69, 9.17) is 6.42 Å². The predicted octanol–water partition coefficient (Wildman–Crippen LogP) is 4.01. The number of nitrogens with zero attached hydrogens (tertiary/aromatic N) is 1. The minimum atomic E-state index is 0.691. The molecule has 0 atom stereocenters. The van der Waals surface area contributed by atoms with Crippen molar-refractivity contribution in [3.8, 4) is 12.3 Å². The molecule has 0 aliphatic heterocycles. The summed E-state index contributed by atoms with van der Waals surface area (Å²) in [5.41, 5.74) is 4.93. The summed E-state index contributed by atoms with van der Waals surface area (Å²) in [7, 11) is 0. The third-order valence-electron chi connectivity index (χ3n) is 2.43. The summed E-state index contributed by atoms with van der Waals surface area (Å²) in [6.45, 7) is 9.89. The van der Waals surface area contributed by atoms with Crippen molar-refractivity contribution in [2.45, 2.75) is 27.2 Å². The zero-order chi connectivity index (χ0) is 12.1. The van der Waals surface area contributed by atoms with Gasteiger partial charge in [-0.1, -0.05) is 31.6 Å². The van der Waals surface area contributed by atoms with Gasteiger partial charge in [-0.05, 0) is 37.5 Å². The van der Waals surface area contributed by atoms with Crippen molar-refractivity contribution in [2.24, 2.45) is 4.99 Å². The van der Waals surface area contributed by atoms with Crippen LogP contribution in [0.2, 0.25) is 0 Å². The van der Waals surface area contributed by atoms with Crippen molar-refractivity contribution < 1.29 is 0 Å². The third-order valence-corrected chi connectivity index (χ3v) is 2.43. The molecule has 16 heavy (non-hydrogen) atoms. The summed E-state index contributed by atoms with van der Waals surface area (Å²) in [6.07, 6.45) is 6.31. The normalized spacial score (nSPS) is 11.0. The van der Waals surface area contributed by atoms with Crippen LogP contribution in [0.15, 0.2) is 29.8 Å². The van der Waals surface area contributed by atoms with Gasteiger partial charge < -0.3 is 0 Å². The van der Waals surface area contributed by atoms with Gasteiger partial charge in [-0.15, -0.1) is 6.42 Å². The Morgan fingerprint density at radius 1 is 1.44 bits per heavy atom. The molecular formula is C15H17N. The fourth-order valence-electron chi connectivity index (χ4n) is 1.46. The van der Waals surface area contributed by atoms with Crippen LogP contribution in [0.4, 0.5) is 5.69 Å². The minimum absolute atomic E-state index is 0.691. The van der Waals surface area contributed by atoms with Gasteiger partial charge in [0.1, 0.15) is 0 Å². The molecule has 0 spiro atoms. The second-order valence-electron chi connectivity index (χ2n) is 3.83. The van der Waals surface area contributed by atoms with Crippen molar-refractivity contribution in [3.05, 3.63) is 35.9 Å². The number of aryl methyl sites for hydroxylation is 1. The van der Waals surface area contributed by atoms with Gasteiger partial charge in [-0.2, -0.15) is 0 Å². The van der Waals surface area contributed by atoms with Gasteiger partial charge in [0.15, 0.2) is 0 Å². The first-order valence-corrected chi connectivity index (χ1v) is 5.39. The monoisotopic (exact) mass is 211 g/mol. The molecule has 0 N–H and O–H groups in total. The van der Waals surface area contributed by atoms with Crippen LogP contribution >= 0.6 is 0 Å². The first kappa shape index (κ1) is 12.3. The van der Waals surface area contributed by atoms with E-state index in [1.807, 2.05) is 13.8 Å². The summed E-state index contributed by atoms with van der Waals surface area (Å²) < 4.78 is 0. The van der Waals surface area contributed by atoms with Crippen LogP contribution in [-0.2, 0) is 6.42 Å². The predicted molar refractivity (Wildman–Crippen MR) is 72.1 cm³/mol. The topological polar surface area (TPSA) is 12.4 Å². The first-order chi connectivity index (χ1) is 7.58. The Kier molecular flexibility index (Phi) is 4.08. The van der Waals surface area contributed by atoms with Crippen LogP contribution in [0.3, 0.4) is 0 Å². The summed E-state index contributed by atoms with van der Waals surface area (Å²) >= 11 is 0. The number of hydrogen-bond acceptors (Lipinski definition) is 1. The van der Waals surface area contributed by atoms with Gasteiger partial charge in [-0.25, -0.2) is 4.99 Å². The Hall–Kier alpha value is -1.81. The Bertz CT molecular complexity index is 473. The largest absolute Gasteiger partial charge is 0.244 e. The summed E-state index contributed by atoms with van der Waals surface area (Å²) in [5, 5.41) is 0. The number of terminal acetylenes is 1. The molecule has 0 saturated carbocycles. The van der Waals surface area contributed by atoms with E-state index in [9.17, 15) is 0 Å². The molecule has 1 rings (SSSR count). The standard InChI is InChI=1S/C15H17N/c1-6-12(5)16-15-10-13(7-2)8-9-14(15)11(3)4/h1,8-10H,3,7H2,2,4-5H3/b16-12-. The molecule has 82 valence electrons. The third kappa shape index (κ3) is 2.84. The van der Waals surface area contributed by atoms with Gasteiger partial charge in [0.2, 0.25) is 0 Å². The second-order valence-corrected chi connectivity index (χ2v) is 3.83. The van der Waals surface area contributed by atoms with Gasteiger partial charge >= 0.3 is 0 Å². The molecule has 1 aromatic carbocycles. The molecule has 0 radical (unpaired) electrons. The molecule has 0 heterocycles. The Morgan fingerprint density at radius 2 is 2.12 bits per heavy atom. The maximum Gasteiger partial charge on any atom is 0.0873 e. The average Bonchev–Trinajstić information content (AvgIpc) is 2.28. The maximum absolute atomic E-state index is 5.31. The summed E-state index contributed by atoms with van der Waals surface area (Å²) in [6, 6.07) is 6.24. The zero-order valence-corrected chi connectivity index (χ0v) is 10.2. The first-order valence-electron chi connectivity index (χ1n) is 5.39. The smallest absolute Gasteiger partial charge is 0.0873 e. The van der Waals surface area contributed by atoms with Crippen molar-refractivity contribution in [2.75, 3.05) is 0 Å². The molecule has 0 aliphatic rings. The molecule has 0 saturated heterocycles. The molecule has 0 fully saturated rings. The van der Waals surface area contributed by atoms with E-state index >= 15 is 0 Å². The molecule has 0 bridgehead atoms. The Labute approximate surface area is 97.9 Å². The van der Waals surface area contributed by atoms with Gasteiger partial charge in [0.25, 0.3) is 0 Å². The van der Waals surface area contributed by atoms with Crippen molar-refractivity contribution in [3.63, 3.8) is 0 Å². The molecule has 0 aliphatic carbocycles.